The molecular weight excluding hydrogens is 285 g/mol. The van der Waals surface area contributed by atoms with Crippen LogP contribution in [-0.4, -0.2) is 23.5 Å². The summed E-state index contributed by atoms with van der Waals surface area (Å²) in [5.74, 6) is -1.79. The van der Waals surface area contributed by atoms with Gasteiger partial charge in [0.1, 0.15) is 5.82 Å². The normalized spacial score (nSPS) is 13.4. The molecule has 5 heteroatoms. The molecule has 1 aromatic carbocycles. The predicted molar refractivity (Wildman–Crippen MR) is 82.9 cm³/mol. The van der Waals surface area contributed by atoms with Crippen molar-refractivity contribution in [1.29, 1.82) is 0 Å². The monoisotopic (exact) mass is 309 g/mol. The zero-order chi connectivity index (χ0) is 16.5. The second kappa shape index (κ2) is 9.18. The van der Waals surface area contributed by atoms with Crippen LogP contribution < -0.4 is 5.32 Å². The largest absolute Gasteiger partial charge is 0.481 e. The summed E-state index contributed by atoms with van der Waals surface area (Å²) < 4.78 is 13.1. The van der Waals surface area contributed by atoms with E-state index in [1.807, 2.05) is 19.9 Å². The van der Waals surface area contributed by atoms with Crippen LogP contribution in [0.4, 0.5) is 4.39 Å². The Labute approximate surface area is 130 Å². The van der Waals surface area contributed by atoms with Crippen LogP contribution in [0.15, 0.2) is 24.3 Å². The lowest BCUT2D eigenvalue weighted by Gasteiger charge is -2.15. The van der Waals surface area contributed by atoms with E-state index in [0.717, 1.165) is 12.0 Å². The molecule has 0 radical (unpaired) electrons. The number of carboxylic acid groups (broad SMARTS) is 1. The fourth-order valence-corrected chi connectivity index (χ4v) is 2.43. The van der Waals surface area contributed by atoms with Crippen LogP contribution in [0.25, 0.3) is 0 Å². The summed E-state index contributed by atoms with van der Waals surface area (Å²) in [7, 11) is 0. The SMILES string of the molecule is CCCC(CNC(=O)CC(C)Cc1cccc(F)c1)C(=O)O. The van der Waals surface area contributed by atoms with E-state index in [1.54, 1.807) is 6.07 Å². The number of amides is 1. The van der Waals surface area contributed by atoms with Crippen molar-refractivity contribution in [2.24, 2.45) is 11.8 Å². The number of carbonyl (C=O) groups is 2. The Morgan fingerprint density at radius 2 is 2.09 bits per heavy atom. The Bertz CT molecular complexity index is 504. The third-order valence-electron chi connectivity index (χ3n) is 3.54. The van der Waals surface area contributed by atoms with Gasteiger partial charge in [-0.3, -0.25) is 9.59 Å². The molecule has 4 nitrogen and oxygen atoms in total. The van der Waals surface area contributed by atoms with Gasteiger partial charge in [-0.15, -0.1) is 0 Å². The molecule has 2 unspecified atom stereocenters. The van der Waals surface area contributed by atoms with E-state index in [0.29, 0.717) is 19.3 Å². The first-order valence-electron chi connectivity index (χ1n) is 7.66. The highest BCUT2D eigenvalue weighted by Crippen LogP contribution is 2.13. The minimum Gasteiger partial charge on any atom is -0.481 e. The maximum Gasteiger partial charge on any atom is 0.308 e. The minimum atomic E-state index is -0.880. The summed E-state index contributed by atoms with van der Waals surface area (Å²) in [4.78, 5) is 22.9. The number of aliphatic carboxylic acids is 1. The summed E-state index contributed by atoms with van der Waals surface area (Å²) in [5, 5.41) is 11.7. The van der Waals surface area contributed by atoms with Gasteiger partial charge in [0.2, 0.25) is 5.91 Å². The first kappa shape index (κ1) is 18.1. The van der Waals surface area contributed by atoms with Crippen LogP contribution in [0.3, 0.4) is 0 Å². The van der Waals surface area contributed by atoms with E-state index >= 15 is 0 Å². The summed E-state index contributed by atoms with van der Waals surface area (Å²) in [6.45, 7) is 4.00. The van der Waals surface area contributed by atoms with Gasteiger partial charge in [-0.25, -0.2) is 4.39 Å². The quantitative estimate of drug-likeness (QED) is 0.737. The highest BCUT2D eigenvalue weighted by atomic mass is 19.1. The lowest BCUT2D eigenvalue weighted by molar-refractivity contribution is -0.141. The molecule has 0 aromatic heterocycles. The maximum atomic E-state index is 13.1. The topological polar surface area (TPSA) is 66.4 Å². The molecule has 1 aromatic rings. The maximum absolute atomic E-state index is 13.1. The van der Waals surface area contributed by atoms with Gasteiger partial charge in [0.05, 0.1) is 5.92 Å². The van der Waals surface area contributed by atoms with Crippen LogP contribution in [0.1, 0.15) is 38.7 Å². The van der Waals surface area contributed by atoms with Crippen LogP contribution in [0.2, 0.25) is 0 Å². The van der Waals surface area contributed by atoms with Gasteiger partial charge < -0.3 is 10.4 Å². The van der Waals surface area contributed by atoms with Gasteiger partial charge in [0, 0.05) is 13.0 Å². The first-order chi connectivity index (χ1) is 10.4. The number of carboxylic acids is 1. The van der Waals surface area contributed by atoms with Crippen molar-refractivity contribution in [3.63, 3.8) is 0 Å². The number of hydrogen-bond acceptors (Lipinski definition) is 2. The first-order valence-corrected chi connectivity index (χ1v) is 7.66. The number of nitrogens with one attached hydrogen (secondary N) is 1. The van der Waals surface area contributed by atoms with Gasteiger partial charge in [-0.2, -0.15) is 0 Å². The molecular formula is C17H24FNO3. The number of carbonyl (C=O) groups excluding carboxylic acids is 1. The second-order valence-electron chi connectivity index (χ2n) is 5.77. The highest BCUT2D eigenvalue weighted by molar-refractivity contribution is 5.77. The molecule has 0 saturated heterocycles. The molecule has 2 atom stereocenters. The van der Waals surface area contributed by atoms with E-state index < -0.39 is 11.9 Å². The second-order valence-corrected chi connectivity index (χ2v) is 5.77. The molecule has 1 amide bonds. The Kier molecular flexibility index (Phi) is 7.57. The minimum absolute atomic E-state index is 0.0660. The Morgan fingerprint density at radius 3 is 2.68 bits per heavy atom. The van der Waals surface area contributed by atoms with Gasteiger partial charge in [0.25, 0.3) is 0 Å². The summed E-state index contributed by atoms with van der Waals surface area (Å²) >= 11 is 0. The van der Waals surface area contributed by atoms with E-state index in [9.17, 15) is 14.0 Å². The zero-order valence-corrected chi connectivity index (χ0v) is 13.1. The molecule has 0 aliphatic carbocycles. The molecule has 122 valence electrons. The van der Waals surface area contributed by atoms with Gasteiger partial charge >= 0.3 is 5.97 Å². The van der Waals surface area contributed by atoms with Crippen molar-refractivity contribution in [3.8, 4) is 0 Å². The van der Waals surface area contributed by atoms with Gasteiger partial charge in [-0.05, 0) is 36.5 Å². The number of benzene rings is 1. The van der Waals surface area contributed by atoms with Crippen LogP contribution in [0.5, 0.6) is 0 Å². The fourth-order valence-electron chi connectivity index (χ4n) is 2.43. The molecule has 22 heavy (non-hydrogen) atoms. The molecule has 0 saturated carbocycles. The molecule has 0 heterocycles. The lowest BCUT2D eigenvalue weighted by Crippen LogP contribution is -2.33. The van der Waals surface area contributed by atoms with Crippen molar-refractivity contribution in [3.05, 3.63) is 35.6 Å². The fraction of sp³-hybridized carbons (Fsp3) is 0.529. The highest BCUT2D eigenvalue weighted by Gasteiger charge is 2.18. The van der Waals surface area contributed by atoms with E-state index in [1.165, 1.54) is 12.1 Å². The molecule has 0 bridgehead atoms. The third kappa shape index (κ3) is 6.70. The molecule has 0 spiro atoms. The van der Waals surface area contributed by atoms with Crippen LogP contribution in [-0.2, 0) is 16.0 Å². The summed E-state index contributed by atoms with van der Waals surface area (Å²) in [6, 6.07) is 6.34. The van der Waals surface area contributed by atoms with Crippen LogP contribution in [0, 0.1) is 17.7 Å². The zero-order valence-electron chi connectivity index (χ0n) is 13.1. The number of rotatable bonds is 9. The Morgan fingerprint density at radius 1 is 1.36 bits per heavy atom. The van der Waals surface area contributed by atoms with Crippen molar-refractivity contribution >= 4 is 11.9 Å². The van der Waals surface area contributed by atoms with Crippen molar-refractivity contribution in [1.82, 2.24) is 5.32 Å². The average Bonchev–Trinajstić information content (AvgIpc) is 2.42. The standard InChI is InChI=1S/C17H24FNO3/c1-3-5-14(17(21)22)11-19-16(20)9-12(2)8-13-6-4-7-15(18)10-13/h4,6-7,10,12,14H,3,5,8-9,11H2,1-2H3,(H,19,20)(H,21,22). The van der Waals surface area contributed by atoms with E-state index in [-0.39, 0.29) is 24.2 Å². The third-order valence-corrected chi connectivity index (χ3v) is 3.54. The Hall–Kier alpha value is -1.91. The van der Waals surface area contributed by atoms with E-state index in [2.05, 4.69) is 5.32 Å². The van der Waals surface area contributed by atoms with Crippen molar-refractivity contribution in [2.45, 2.75) is 39.5 Å². The number of hydrogen-bond donors (Lipinski definition) is 2. The van der Waals surface area contributed by atoms with Crippen LogP contribution >= 0.6 is 0 Å². The molecule has 0 aliphatic heterocycles. The van der Waals surface area contributed by atoms with Crippen molar-refractivity contribution < 1.29 is 19.1 Å². The molecule has 1 rings (SSSR count). The molecule has 0 aliphatic rings. The lowest BCUT2D eigenvalue weighted by atomic mass is 9.97. The Balaban J connectivity index is 2.39. The van der Waals surface area contributed by atoms with Gasteiger partial charge in [0.15, 0.2) is 0 Å². The molecule has 2 N–H and O–H groups in total. The van der Waals surface area contributed by atoms with E-state index in [4.69, 9.17) is 5.11 Å². The van der Waals surface area contributed by atoms with Gasteiger partial charge in [-0.1, -0.05) is 32.4 Å². The summed E-state index contributed by atoms with van der Waals surface area (Å²) in [5.41, 5.74) is 0.856. The summed E-state index contributed by atoms with van der Waals surface area (Å²) in [6.07, 6.45) is 2.23. The number of halogens is 1. The smallest absolute Gasteiger partial charge is 0.308 e. The van der Waals surface area contributed by atoms with Crippen molar-refractivity contribution in [2.75, 3.05) is 6.54 Å². The molecule has 0 fully saturated rings. The predicted octanol–water partition coefficient (Wildman–Crippen LogP) is 3.01. The average molecular weight is 309 g/mol.